The van der Waals surface area contributed by atoms with Crippen molar-refractivity contribution in [3.8, 4) is 23.0 Å². The van der Waals surface area contributed by atoms with E-state index in [9.17, 15) is 4.79 Å². The van der Waals surface area contributed by atoms with E-state index in [-0.39, 0.29) is 18.8 Å². The molecule has 1 heterocycles. The van der Waals surface area contributed by atoms with Crippen LogP contribution >= 0.6 is 0 Å². The van der Waals surface area contributed by atoms with E-state index < -0.39 is 0 Å². The maximum absolute atomic E-state index is 12.2. The molecule has 3 rings (SSSR count). The molecule has 0 aromatic heterocycles. The Morgan fingerprint density at radius 1 is 1.23 bits per heavy atom. The van der Waals surface area contributed by atoms with E-state index in [1.807, 2.05) is 26.0 Å². The maximum Gasteiger partial charge on any atom is 0.271 e. The molecule has 0 spiro atoms. The second-order valence-corrected chi connectivity index (χ2v) is 5.81. The second kappa shape index (κ2) is 7.77. The minimum absolute atomic E-state index is 0.0262. The molecule has 0 unspecified atom stereocenters. The van der Waals surface area contributed by atoms with Crippen LogP contribution in [-0.2, 0) is 0 Å². The lowest BCUT2D eigenvalue weighted by molar-refractivity contribution is 0.0954. The van der Waals surface area contributed by atoms with Gasteiger partial charge in [-0.05, 0) is 44.2 Å². The summed E-state index contributed by atoms with van der Waals surface area (Å²) in [6, 6.07) is 10.4. The van der Waals surface area contributed by atoms with Crippen LogP contribution in [0.3, 0.4) is 0 Å². The first kappa shape index (κ1) is 17.6. The topological polar surface area (TPSA) is 78.4 Å². The van der Waals surface area contributed by atoms with Crippen molar-refractivity contribution >= 4 is 12.1 Å². The molecule has 1 aliphatic rings. The standard InChI is InChI=1S/C19H20N2O5/c1-12(2)26-18-14(5-4-6-16(18)23-3)10-20-21-19(22)13-7-8-15-17(9-13)25-11-24-15/h4-10,12H,11H2,1-3H3,(H,21,22)/b20-10-. The molecule has 0 atom stereocenters. The van der Waals surface area contributed by atoms with Crippen LogP contribution in [0.4, 0.5) is 0 Å². The summed E-state index contributed by atoms with van der Waals surface area (Å²) in [5.74, 6) is 1.99. The van der Waals surface area contributed by atoms with Crippen molar-refractivity contribution in [2.75, 3.05) is 13.9 Å². The fourth-order valence-corrected chi connectivity index (χ4v) is 2.42. The van der Waals surface area contributed by atoms with Gasteiger partial charge in [0.05, 0.1) is 19.4 Å². The van der Waals surface area contributed by atoms with Crippen LogP contribution in [0.25, 0.3) is 0 Å². The van der Waals surface area contributed by atoms with E-state index in [2.05, 4.69) is 10.5 Å². The van der Waals surface area contributed by atoms with Crippen LogP contribution in [0.2, 0.25) is 0 Å². The highest BCUT2D eigenvalue weighted by Gasteiger charge is 2.16. The fraction of sp³-hybridized carbons (Fsp3) is 0.263. The number of fused-ring (bicyclic) bond motifs is 1. The van der Waals surface area contributed by atoms with Crippen molar-refractivity contribution in [2.45, 2.75) is 20.0 Å². The Balaban J connectivity index is 1.73. The molecular formula is C19H20N2O5. The Morgan fingerprint density at radius 3 is 2.81 bits per heavy atom. The van der Waals surface area contributed by atoms with Crippen molar-refractivity contribution in [3.63, 3.8) is 0 Å². The van der Waals surface area contributed by atoms with Gasteiger partial charge in [-0.25, -0.2) is 5.43 Å². The molecule has 0 fully saturated rings. The summed E-state index contributed by atoms with van der Waals surface area (Å²) in [6.07, 6.45) is 1.49. The van der Waals surface area contributed by atoms with Crippen LogP contribution in [0, 0.1) is 0 Å². The molecule has 136 valence electrons. The van der Waals surface area contributed by atoms with Crippen LogP contribution in [0.1, 0.15) is 29.8 Å². The maximum atomic E-state index is 12.2. The summed E-state index contributed by atoms with van der Waals surface area (Å²) < 4.78 is 21.6. The highest BCUT2D eigenvalue weighted by atomic mass is 16.7. The summed E-state index contributed by atoms with van der Waals surface area (Å²) in [7, 11) is 1.57. The third-order valence-corrected chi connectivity index (χ3v) is 3.59. The second-order valence-electron chi connectivity index (χ2n) is 5.81. The molecule has 1 aliphatic heterocycles. The number of amides is 1. The Kier molecular flexibility index (Phi) is 5.26. The van der Waals surface area contributed by atoms with Gasteiger partial charge >= 0.3 is 0 Å². The average Bonchev–Trinajstić information content (AvgIpc) is 3.10. The first-order valence-corrected chi connectivity index (χ1v) is 8.15. The molecule has 26 heavy (non-hydrogen) atoms. The zero-order valence-corrected chi connectivity index (χ0v) is 14.8. The number of rotatable bonds is 6. The number of carbonyl (C=O) groups is 1. The summed E-state index contributed by atoms with van der Waals surface area (Å²) in [5, 5.41) is 4.02. The Hall–Kier alpha value is -3.22. The molecule has 0 radical (unpaired) electrons. The number of nitrogens with one attached hydrogen (secondary N) is 1. The van der Waals surface area contributed by atoms with E-state index in [1.54, 1.807) is 31.4 Å². The number of carbonyl (C=O) groups excluding carboxylic acids is 1. The quantitative estimate of drug-likeness (QED) is 0.636. The molecule has 1 amide bonds. The van der Waals surface area contributed by atoms with Gasteiger partial charge in [0.15, 0.2) is 23.0 Å². The van der Waals surface area contributed by atoms with Gasteiger partial charge in [0.2, 0.25) is 6.79 Å². The molecule has 0 aliphatic carbocycles. The number of hydrogen-bond acceptors (Lipinski definition) is 6. The summed E-state index contributed by atoms with van der Waals surface area (Å²) >= 11 is 0. The number of para-hydroxylation sites is 1. The Morgan fingerprint density at radius 2 is 2.04 bits per heavy atom. The van der Waals surface area contributed by atoms with Crippen molar-refractivity contribution in [1.29, 1.82) is 0 Å². The molecule has 0 saturated carbocycles. The number of hydrogen-bond donors (Lipinski definition) is 1. The zero-order valence-electron chi connectivity index (χ0n) is 14.8. The first-order chi connectivity index (χ1) is 12.6. The molecule has 2 aromatic rings. The van der Waals surface area contributed by atoms with Gasteiger partial charge in [-0.3, -0.25) is 4.79 Å². The number of methoxy groups -OCH3 is 1. The van der Waals surface area contributed by atoms with E-state index in [4.69, 9.17) is 18.9 Å². The average molecular weight is 356 g/mol. The minimum atomic E-state index is -0.353. The first-order valence-electron chi connectivity index (χ1n) is 8.15. The van der Waals surface area contributed by atoms with Gasteiger partial charge in [-0.2, -0.15) is 5.10 Å². The van der Waals surface area contributed by atoms with Gasteiger partial charge in [-0.1, -0.05) is 6.07 Å². The van der Waals surface area contributed by atoms with Gasteiger partial charge in [-0.15, -0.1) is 0 Å². The lowest BCUT2D eigenvalue weighted by atomic mass is 10.2. The smallest absolute Gasteiger partial charge is 0.271 e. The van der Waals surface area contributed by atoms with E-state index in [1.165, 1.54) is 6.21 Å². The van der Waals surface area contributed by atoms with E-state index >= 15 is 0 Å². The molecule has 1 N–H and O–H groups in total. The van der Waals surface area contributed by atoms with Crippen LogP contribution in [0.15, 0.2) is 41.5 Å². The monoisotopic (exact) mass is 356 g/mol. The number of hydrazone groups is 1. The van der Waals surface area contributed by atoms with E-state index in [0.717, 1.165) is 0 Å². The van der Waals surface area contributed by atoms with Crippen molar-refractivity contribution in [3.05, 3.63) is 47.5 Å². The highest BCUT2D eigenvalue weighted by molar-refractivity contribution is 5.95. The Labute approximate surface area is 151 Å². The van der Waals surface area contributed by atoms with Crippen LogP contribution in [0.5, 0.6) is 23.0 Å². The predicted molar refractivity (Wildman–Crippen MR) is 96.4 cm³/mol. The fourth-order valence-electron chi connectivity index (χ4n) is 2.42. The summed E-state index contributed by atoms with van der Waals surface area (Å²) in [5.41, 5.74) is 3.62. The number of ether oxygens (including phenoxy) is 4. The highest BCUT2D eigenvalue weighted by Crippen LogP contribution is 2.32. The Bertz CT molecular complexity index is 833. The van der Waals surface area contributed by atoms with Crippen LogP contribution in [-0.4, -0.2) is 32.1 Å². The molecular weight excluding hydrogens is 336 g/mol. The van der Waals surface area contributed by atoms with Gasteiger partial charge in [0, 0.05) is 11.1 Å². The zero-order chi connectivity index (χ0) is 18.5. The van der Waals surface area contributed by atoms with Crippen molar-refractivity contribution in [2.24, 2.45) is 5.10 Å². The summed E-state index contributed by atoms with van der Waals surface area (Å²) in [4.78, 5) is 12.2. The largest absolute Gasteiger partial charge is 0.493 e. The molecule has 2 aromatic carbocycles. The van der Waals surface area contributed by atoms with Crippen molar-refractivity contribution < 1.29 is 23.7 Å². The molecule has 7 heteroatoms. The van der Waals surface area contributed by atoms with Gasteiger partial charge in [0.1, 0.15) is 0 Å². The predicted octanol–water partition coefficient (Wildman–Crippen LogP) is 2.98. The number of nitrogens with zero attached hydrogens (tertiary/aromatic N) is 1. The minimum Gasteiger partial charge on any atom is -0.493 e. The van der Waals surface area contributed by atoms with Crippen molar-refractivity contribution in [1.82, 2.24) is 5.43 Å². The molecule has 7 nitrogen and oxygen atoms in total. The SMILES string of the molecule is COc1cccc(/C=N\NC(=O)c2ccc3c(c2)OCO3)c1OC(C)C. The lowest BCUT2D eigenvalue weighted by Crippen LogP contribution is -2.17. The summed E-state index contributed by atoms with van der Waals surface area (Å²) in [6.45, 7) is 4.01. The normalized spacial score (nSPS) is 12.5. The molecule has 0 bridgehead atoms. The third-order valence-electron chi connectivity index (χ3n) is 3.59. The number of benzene rings is 2. The van der Waals surface area contributed by atoms with E-state index in [0.29, 0.717) is 34.1 Å². The third kappa shape index (κ3) is 3.88. The van der Waals surface area contributed by atoms with Gasteiger partial charge < -0.3 is 18.9 Å². The molecule has 0 saturated heterocycles. The lowest BCUT2D eigenvalue weighted by Gasteiger charge is -2.15. The van der Waals surface area contributed by atoms with Gasteiger partial charge in [0.25, 0.3) is 5.91 Å². The van der Waals surface area contributed by atoms with Crippen LogP contribution < -0.4 is 24.4 Å².